The maximum absolute atomic E-state index is 11.0. The van der Waals surface area contributed by atoms with E-state index in [0.717, 1.165) is 0 Å². The SMILES string of the molecule is CN(CCO)C(=O)CC(N)=S. The Labute approximate surface area is 71.0 Å². The van der Waals surface area contributed by atoms with Gasteiger partial charge in [0.25, 0.3) is 0 Å². The summed E-state index contributed by atoms with van der Waals surface area (Å²) in [6.45, 7) is 0.279. The van der Waals surface area contributed by atoms with E-state index >= 15 is 0 Å². The second-order valence-corrected chi connectivity index (χ2v) is 2.71. The van der Waals surface area contributed by atoms with E-state index in [1.54, 1.807) is 7.05 Å². The number of thiocarbonyl (C=S) groups is 1. The predicted octanol–water partition coefficient (Wildman–Crippen LogP) is -0.887. The van der Waals surface area contributed by atoms with Crippen LogP contribution in [-0.2, 0) is 4.79 Å². The Bertz CT molecular complexity index is 161. The van der Waals surface area contributed by atoms with Crippen LogP contribution in [0.1, 0.15) is 6.42 Å². The van der Waals surface area contributed by atoms with Crippen LogP contribution in [0.15, 0.2) is 0 Å². The first-order chi connectivity index (χ1) is 5.07. The fourth-order valence-electron chi connectivity index (χ4n) is 0.559. The van der Waals surface area contributed by atoms with Crippen molar-refractivity contribution in [1.82, 2.24) is 4.90 Å². The molecule has 0 rings (SSSR count). The third-order valence-electron chi connectivity index (χ3n) is 1.19. The van der Waals surface area contributed by atoms with Crippen LogP contribution in [0.25, 0.3) is 0 Å². The van der Waals surface area contributed by atoms with E-state index in [1.807, 2.05) is 0 Å². The van der Waals surface area contributed by atoms with E-state index in [4.69, 9.17) is 10.8 Å². The molecule has 0 saturated carbocycles. The molecule has 0 radical (unpaired) electrons. The highest BCUT2D eigenvalue weighted by atomic mass is 32.1. The zero-order valence-corrected chi connectivity index (χ0v) is 7.23. The largest absolute Gasteiger partial charge is 0.395 e. The van der Waals surface area contributed by atoms with Crippen molar-refractivity contribution in [3.8, 4) is 0 Å². The second-order valence-electron chi connectivity index (χ2n) is 2.18. The first-order valence-corrected chi connectivity index (χ1v) is 3.62. The number of rotatable bonds is 4. The van der Waals surface area contributed by atoms with Crippen LogP contribution in [0, 0.1) is 0 Å². The number of hydrogen-bond acceptors (Lipinski definition) is 3. The van der Waals surface area contributed by atoms with Crippen molar-refractivity contribution in [2.75, 3.05) is 20.2 Å². The first-order valence-electron chi connectivity index (χ1n) is 3.21. The zero-order chi connectivity index (χ0) is 8.85. The van der Waals surface area contributed by atoms with Crippen LogP contribution in [0.2, 0.25) is 0 Å². The van der Waals surface area contributed by atoms with Crippen LogP contribution in [0.5, 0.6) is 0 Å². The van der Waals surface area contributed by atoms with E-state index in [9.17, 15) is 4.79 Å². The minimum atomic E-state index is -0.161. The van der Waals surface area contributed by atoms with Crippen molar-refractivity contribution in [2.24, 2.45) is 5.73 Å². The summed E-state index contributed by atoms with van der Waals surface area (Å²) >= 11 is 4.54. The molecule has 0 atom stereocenters. The predicted molar refractivity (Wildman–Crippen MR) is 46.1 cm³/mol. The van der Waals surface area contributed by atoms with Crippen molar-refractivity contribution in [2.45, 2.75) is 6.42 Å². The van der Waals surface area contributed by atoms with E-state index in [-0.39, 0.29) is 23.9 Å². The highest BCUT2D eigenvalue weighted by Crippen LogP contribution is 1.89. The van der Waals surface area contributed by atoms with Gasteiger partial charge in [0, 0.05) is 13.6 Å². The van der Waals surface area contributed by atoms with Crippen molar-refractivity contribution in [3.05, 3.63) is 0 Å². The lowest BCUT2D eigenvalue weighted by Gasteiger charge is -2.14. The van der Waals surface area contributed by atoms with Gasteiger partial charge in [0.15, 0.2) is 0 Å². The number of carbonyl (C=O) groups is 1. The Morgan fingerprint density at radius 2 is 2.27 bits per heavy atom. The van der Waals surface area contributed by atoms with Crippen molar-refractivity contribution < 1.29 is 9.90 Å². The van der Waals surface area contributed by atoms with Gasteiger partial charge in [0.05, 0.1) is 18.0 Å². The van der Waals surface area contributed by atoms with E-state index in [2.05, 4.69) is 12.2 Å². The molecule has 0 heterocycles. The second kappa shape index (κ2) is 5.03. The summed E-state index contributed by atoms with van der Waals surface area (Å²) in [7, 11) is 1.59. The summed E-state index contributed by atoms with van der Waals surface area (Å²) in [5, 5.41) is 8.46. The van der Waals surface area contributed by atoms with Crippen molar-refractivity contribution in [3.63, 3.8) is 0 Å². The minimum absolute atomic E-state index is 0.0421. The summed E-state index contributed by atoms with van der Waals surface area (Å²) in [5.74, 6) is -0.161. The normalized spacial score (nSPS) is 9.27. The van der Waals surface area contributed by atoms with Crippen LogP contribution < -0.4 is 5.73 Å². The molecule has 0 bridgehead atoms. The van der Waals surface area contributed by atoms with Gasteiger partial charge < -0.3 is 15.7 Å². The topological polar surface area (TPSA) is 66.6 Å². The number of nitrogens with zero attached hydrogens (tertiary/aromatic N) is 1. The molecule has 0 aromatic carbocycles. The summed E-state index contributed by atoms with van der Waals surface area (Å²) < 4.78 is 0. The maximum atomic E-state index is 11.0. The molecule has 0 saturated heterocycles. The van der Waals surface area contributed by atoms with Gasteiger partial charge in [-0.25, -0.2) is 0 Å². The van der Waals surface area contributed by atoms with E-state index in [0.29, 0.717) is 6.54 Å². The van der Waals surface area contributed by atoms with Crippen LogP contribution in [0.3, 0.4) is 0 Å². The molecule has 3 N–H and O–H groups in total. The van der Waals surface area contributed by atoms with Gasteiger partial charge in [0.1, 0.15) is 0 Å². The van der Waals surface area contributed by atoms with E-state index < -0.39 is 0 Å². The number of carbonyl (C=O) groups excluding carboxylic acids is 1. The lowest BCUT2D eigenvalue weighted by Crippen LogP contribution is -2.32. The molecule has 0 aliphatic rings. The molecule has 11 heavy (non-hydrogen) atoms. The molecule has 4 nitrogen and oxygen atoms in total. The molecule has 0 fully saturated rings. The van der Waals surface area contributed by atoms with Crippen molar-refractivity contribution in [1.29, 1.82) is 0 Å². The highest BCUT2D eigenvalue weighted by molar-refractivity contribution is 7.80. The quantitative estimate of drug-likeness (QED) is 0.545. The molecule has 1 amide bonds. The van der Waals surface area contributed by atoms with Crippen LogP contribution in [-0.4, -0.2) is 41.1 Å². The molecule has 0 spiro atoms. The van der Waals surface area contributed by atoms with Crippen molar-refractivity contribution >= 4 is 23.1 Å². The Morgan fingerprint density at radius 3 is 2.64 bits per heavy atom. The van der Waals surface area contributed by atoms with Gasteiger partial charge >= 0.3 is 0 Å². The standard InChI is InChI=1S/C6H12N2O2S/c1-8(2-3-9)6(10)4-5(7)11/h9H,2-4H2,1H3,(H2,7,11). The summed E-state index contributed by atoms with van der Waals surface area (Å²) in [4.78, 5) is 12.6. The van der Waals surface area contributed by atoms with Crippen LogP contribution in [0.4, 0.5) is 0 Å². The molecule has 0 aromatic heterocycles. The molecule has 0 unspecified atom stereocenters. The van der Waals surface area contributed by atoms with Crippen LogP contribution >= 0.6 is 12.2 Å². The third-order valence-corrected chi connectivity index (χ3v) is 1.33. The van der Waals surface area contributed by atoms with Gasteiger partial charge in [-0.3, -0.25) is 4.79 Å². The smallest absolute Gasteiger partial charge is 0.229 e. The molecular formula is C6H12N2O2S. The molecule has 0 aliphatic carbocycles. The van der Waals surface area contributed by atoms with Gasteiger partial charge in [-0.2, -0.15) is 0 Å². The third kappa shape index (κ3) is 4.69. The minimum Gasteiger partial charge on any atom is -0.395 e. The summed E-state index contributed by atoms with van der Waals surface area (Å²) in [6, 6.07) is 0. The lowest BCUT2D eigenvalue weighted by atomic mass is 10.4. The number of likely N-dealkylation sites (N-methyl/N-ethyl adjacent to an activating group) is 1. The van der Waals surface area contributed by atoms with E-state index in [1.165, 1.54) is 4.90 Å². The highest BCUT2D eigenvalue weighted by Gasteiger charge is 2.07. The first kappa shape index (κ1) is 10.3. The summed E-state index contributed by atoms with van der Waals surface area (Å²) in [6.07, 6.45) is 0.0752. The van der Waals surface area contributed by atoms with Gasteiger partial charge in [-0.15, -0.1) is 0 Å². The zero-order valence-electron chi connectivity index (χ0n) is 6.41. The molecule has 5 heteroatoms. The average Bonchev–Trinajstić information content (AvgIpc) is 1.86. The molecular weight excluding hydrogens is 164 g/mol. The molecule has 64 valence electrons. The number of aliphatic hydroxyl groups excluding tert-OH is 1. The summed E-state index contributed by atoms with van der Waals surface area (Å²) in [5.41, 5.74) is 5.15. The van der Waals surface area contributed by atoms with Gasteiger partial charge in [-0.1, -0.05) is 12.2 Å². The number of nitrogens with two attached hydrogens (primary N) is 1. The Morgan fingerprint density at radius 1 is 1.73 bits per heavy atom. The Kier molecular flexibility index (Phi) is 4.72. The number of hydrogen-bond donors (Lipinski definition) is 2. The Balaban J connectivity index is 3.73. The monoisotopic (exact) mass is 176 g/mol. The molecule has 0 aromatic rings. The van der Waals surface area contributed by atoms with Gasteiger partial charge in [-0.05, 0) is 0 Å². The molecule has 0 aliphatic heterocycles. The number of aliphatic hydroxyl groups is 1. The fraction of sp³-hybridized carbons (Fsp3) is 0.667. The lowest BCUT2D eigenvalue weighted by molar-refractivity contribution is -0.129. The fourth-order valence-corrected chi connectivity index (χ4v) is 0.682. The number of amides is 1. The average molecular weight is 176 g/mol. The van der Waals surface area contributed by atoms with Gasteiger partial charge in [0.2, 0.25) is 5.91 Å². The maximum Gasteiger partial charge on any atom is 0.229 e. The Hall–Kier alpha value is -0.680.